The van der Waals surface area contributed by atoms with E-state index >= 15 is 0 Å². The highest BCUT2D eigenvalue weighted by atomic mass is 35.5. The maximum Gasteiger partial charge on any atom is 0.264 e. The summed E-state index contributed by atoms with van der Waals surface area (Å²) in [6, 6.07) is 23.2. The van der Waals surface area contributed by atoms with Crippen molar-refractivity contribution < 1.29 is 9.53 Å². The van der Waals surface area contributed by atoms with Crippen LogP contribution in [0.15, 0.2) is 82.7 Å². The fourth-order valence-corrected chi connectivity index (χ4v) is 5.36. The number of hydrogen-bond donors (Lipinski definition) is 1. The fraction of sp³-hybridized carbons (Fsp3) is 0.0714. The second-order valence-corrected chi connectivity index (χ2v) is 10.4. The van der Waals surface area contributed by atoms with Gasteiger partial charge in [-0.3, -0.25) is 4.79 Å². The minimum absolute atomic E-state index is 0.248. The predicted molar refractivity (Wildman–Crippen MR) is 152 cm³/mol. The Morgan fingerprint density at radius 1 is 0.917 bits per heavy atom. The minimum Gasteiger partial charge on any atom is -0.486 e. The van der Waals surface area contributed by atoms with Crippen molar-refractivity contribution in [3.8, 4) is 5.75 Å². The third-order valence-corrected chi connectivity index (χ3v) is 7.51. The Bertz CT molecular complexity index is 1540. The number of fused-ring (bicyclic) bond motifs is 1. The van der Waals surface area contributed by atoms with E-state index in [1.165, 1.54) is 17.1 Å². The van der Waals surface area contributed by atoms with Crippen molar-refractivity contribution in [1.82, 2.24) is 5.32 Å². The van der Waals surface area contributed by atoms with Gasteiger partial charge in [-0.25, -0.2) is 4.99 Å². The molecule has 1 aliphatic rings. The molecular weight excluding hydrogens is 535 g/mol. The van der Waals surface area contributed by atoms with E-state index in [0.717, 1.165) is 16.5 Å². The Kier molecular flexibility index (Phi) is 7.26. The van der Waals surface area contributed by atoms with E-state index in [1.807, 2.05) is 37.3 Å². The Morgan fingerprint density at radius 3 is 2.44 bits per heavy atom. The summed E-state index contributed by atoms with van der Waals surface area (Å²) in [5.41, 5.74) is 3.23. The van der Waals surface area contributed by atoms with E-state index in [9.17, 15) is 4.79 Å². The summed E-state index contributed by atoms with van der Waals surface area (Å²) < 4.78 is 5.95. The molecule has 0 bridgehead atoms. The number of carbonyl (C=O) groups is 1. The zero-order valence-corrected chi connectivity index (χ0v) is 22.1. The summed E-state index contributed by atoms with van der Waals surface area (Å²) in [6.45, 7) is 2.21. The molecule has 4 aromatic carbocycles. The summed E-state index contributed by atoms with van der Waals surface area (Å²) in [4.78, 5) is 17.5. The normalized spacial score (nSPS) is 15.6. The molecule has 1 fully saturated rings. The van der Waals surface area contributed by atoms with Crippen LogP contribution in [0.25, 0.3) is 16.8 Å². The van der Waals surface area contributed by atoms with Crippen LogP contribution in [0, 0.1) is 6.92 Å². The van der Waals surface area contributed by atoms with Gasteiger partial charge in [-0.15, -0.1) is 0 Å². The first-order chi connectivity index (χ1) is 17.4. The zero-order chi connectivity index (χ0) is 25.2. The number of thioether (sulfide) groups is 1. The van der Waals surface area contributed by atoms with Gasteiger partial charge in [0.15, 0.2) is 10.9 Å². The molecule has 4 nitrogen and oxygen atoms in total. The molecule has 0 radical (unpaired) electrons. The standard InChI is InChI=1S/C28H19Cl3N2O2S/c1-16-21(29)7-4-8-24(16)32-28-33-27(34)25(36-28)14-18-12-22(30)26(23(31)13-18)35-15-17-9-10-19-5-2-3-6-20(19)11-17/h2-14H,15H2,1H3,(H,32,33,34)/b25-14+. The van der Waals surface area contributed by atoms with Crippen LogP contribution in [-0.4, -0.2) is 11.1 Å². The summed E-state index contributed by atoms with van der Waals surface area (Å²) in [6.07, 6.45) is 1.72. The van der Waals surface area contributed by atoms with E-state index in [2.05, 4.69) is 34.6 Å². The third-order valence-electron chi connectivity index (χ3n) is 5.63. The van der Waals surface area contributed by atoms with Crippen LogP contribution in [0.5, 0.6) is 5.75 Å². The number of nitrogens with one attached hydrogen (secondary N) is 1. The van der Waals surface area contributed by atoms with Crippen molar-refractivity contribution in [2.75, 3.05) is 0 Å². The highest BCUT2D eigenvalue weighted by Crippen LogP contribution is 2.37. The molecule has 0 aliphatic carbocycles. The molecule has 8 heteroatoms. The number of amidine groups is 1. The second kappa shape index (κ2) is 10.6. The smallest absolute Gasteiger partial charge is 0.264 e. The van der Waals surface area contributed by atoms with Gasteiger partial charge in [-0.05, 0) is 82.6 Å². The molecule has 5 rings (SSSR count). The average molecular weight is 554 g/mol. The average Bonchev–Trinajstić information content (AvgIpc) is 3.19. The van der Waals surface area contributed by atoms with Crippen LogP contribution in [-0.2, 0) is 11.4 Å². The first-order valence-electron chi connectivity index (χ1n) is 11.0. The number of nitrogens with zero attached hydrogens (tertiary/aromatic N) is 1. The second-order valence-electron chi connectivity index (χ2n) is 8.15. The van der Waals surface area contributed by atoms with Crippen molar-refractivity contribution in [3.05, 3.63) is 109 Å². The highest BCUT2D eigenvalue weighted by molar-refractivity contribution is 8.18. The third kappa shape index (κ3) is 5.40. The van der Waals surface area contributed by atoms with Gasteiger partial charge < -0.3 is 10.1 Å². The van der Waals surface area contributed by atoms with Gasteiger partial charge in [0, 0.05) is 5.02 Å². The summed E-state index contributed by atoms with van der Waals surface area (Å²) in [5, 5.41) is 6.91. The number of halogens is 3. The molecule has 0 saturated carbocycles. The van der Waals surface area contributed by atoms with Crippen LogP contribution < -0.4 is 10.1 Å². The van der Waals surface area contributed by atoms with Crippen molar-refractivity contribution in [2.45, 2.75) is 13.5 Å². The first-order valence-corrected chi connectivity index (χ1v) is 13.0. The van der Waals surface area contributed by atoms with Gasteiger partial charge >= 0.3 is 0 Å². The monoisotopic (exact) mass is 552 g/mol. The molecule has 0 atom stereocenters. The van der Waals surface area contributed by atoms with Gasteiger partial charge in [0.2, 0.25) is 0 Å². The molecule has 1 N–H and O–H groups in total. The lowest BCUT2D eigenvalue weighted by Gasteiger charge is -2.12. The van der Waals surface area contributed by atoms with Gasteiger partial charge in [-0.1, -0.05) is 77.3 Å². The molecule has 1 aliphatic heterocycles. The number of carbonyl (C=O) groups excluding carboxylic acids is 1. The lowest BCUT2D eigenvalue weighted by atomic mass is 10.1. The van der Waals surface area contributed by atoms with E-state index in [4.69, 9.17) is 39.5 Å². The Hall–Kier alpha value is -2.96. The number of hydrogen-bond acceptors (Lipinski definition) is 4. The summed E-state index contributed by atoms with van der Waals surface area (Å²) >= 11 is 20.4. The number of rotatable bonds is 5. The van der Waals surface area contributed by atoms with Gasteiger partial charge in [0.25, 0.3) is 5.91 Å². The van der Waals surface area contributed by atoms with E-state index < -0.39 is 0 Å². The van der Waals surface area contributed by atoms with Crippen LogP contribution in [0.3, 0.4) is 0 Å². The Labute approximate surface area is 227 Å². The SMILES string of the molecule is Cc1c(Cl)cccc1N=C1NC(=O)/C(=C\c2cc(Cl)c(OCc3ccc4ccccc4c3)c(Cl)c2)S1. The van der Waals surface area contributed by atoms with E-state index in [0.29, 0.717) is 48.7 Å². The molecule has 0 unspecified atom stereocenters. The molecular formula is C28H19Cl3N2O2S. The quantitative estimate of drug-likeness (QED) is 0.252. The van der Waals surface area contributed by atoms with Crippen LogP contribution in [0.1, 0.15) is 16.7 Å². The topological polar surface area (TPSA) is 50.7 Å². The van der Waals surface area contributed by atoms with E-state index in [-0.39, 0.29) is 5.91 Å². The lowest BCUT2D eigenvalue weighted by molar-refractivity contribution is -0.115. The molecule has 0 aromatic heterocycles. The maximum absolute atomic E-state index is 12.5. The molecule has 1 amide bonds. The maximum atomic E-state index is 12.5. The molecule has 36 heavy (non-hydrogen) atoms. The molecule has 180 valence electrons. The predicted octanol–water partition coefficient (Wildman–Crippen LogP) is 8.58. The molecule has 4 aromatic rings. The van der Waals surface area contributed by atoms with Gasteiger partial charge in [-0.2, -0.15) is 0 Å². The van der Waals surface area contributed by atoms with Gasteiger partial charge in [0.1, 0.15) is 6.61 Å². The van der Waals surface area contributed by atoms with Gasteiger partial charge in [0.05, 0.1) is 20.6 Å². The first kappa shape index (κ1) is 24.7. The molecule has 1 heterocycles. The molecule has 1 saturated heterocycles. The van der Waals surface area contributed by atoms with Crippen molar-refractivity contribution in [3.63, 3.8) is 0 Å². The minimum atomic E-state index is -0.248. The number of benzene rings is 4. The van der Waals surface area contributed by atoms with Crippen molar-refractivity contribution in [2.24, 2.45) is 4.99 Å². The molecule has 0 spiro atoms. The summed E-state index contributed by atoms with van der Waals surface area (Å²) in [5.74, 6) is 0.151. The Balaban J connectivity index is 1.32. The fourth-order valence-electron chi connectivity index (χ4n) is 3.74. The van der Waals surface area contributed by atoms with E-state index in [1.54, 1.807) is 24.3 Å². The zero-order valence-electron chi connectivity index (χ0n) is 19.0. The lowest BCUT2D eigenvalue weighted by Crippen LogP contribution is -2.19. The van der Waals surface area contributed by atoms with Crippen LogP contribution in [0.2, 0.25) is 15.1 Å². The van der Waals surface area contributed by atoms with Crippen molar-refractivity contribution >= 4 is 80.2 Å². The van der Waals surface area contributed by atoms with Crippen LogP contribution in [0.4, 0.5) is 5.69 Å². The number of ether oxygens (including phenoxy) is 1. The largest absolute Gasteiger partial charge is 0.486 e. The van der Waals surface area contributed by atoms with Crippen LogP contribution >= 0.6 is 46.6 Å². The Morgan fingerprint density at radius 2 is 1.67 bits per heavy atom. The highest BCUT2D eigenvalue weighted by Gasteiger charge is 2.24. The number of aliphatic imine (C=N–C) groups is 1. The van der Waals surface area contributed by atoms with Crippen molar-refractivity contribution in [1.29, 1.82) is 0 Å². The summed E-state index contributed by atoms with van der Waals surface area (Å²) in [7, 11) is 0. The number of amides is 1.